The molecule has 1 amide bonds. The molecule has 5 nitrogen and oxygen atoms in total. The monoisotopic (exact) mass is 291 g/mol. The van der Waals surface area contributed by atoms with Gasteiger partial charge in [0.1, 0.15) is 5.82 Å². The van der Waals surface area contributed by atoms with Crippen LogP contribution in [0.25, 0.3) is 0 Å². The zero-order valence-electron chi connectivity index (χ0n) is 12.9. The molecular formula is C16H25N3O2. The summed E-state index contributed by atoms with van der Waals surface area (Å²) in [5.41, 5.74) is 0.751. The van der Waals surface area contributed by atoms with Gasteiger partial charge in [0.05, 0.1) is 11.9 Å². The normalized spacial score (nSPS) is 16.0. The van der Waals surface area contributed by atoms with Crippen molar-refractivity contribution < 1.29 is 9.53 Å². The number of aromatic nitrogens is 1. The van der Waals surface area contributed by atoms with Crippen LogP contribution in [0, 0.1) is 11.8 Å². The molecule has 1 aliphatic heterocycles. The van der Waals surface area contributed by atoms with E-state index in [0.717, 1.165) is 37.3 Å². The second-order valence-electron chi connectivity index (χ2n) is 5.92. The van der Waals surface area contributed by atoms with Crippen molar-refractivity contribution in [3.05, 3.63) is 18.3 Å². The molecule has 5 heteroatoms. The second-order valence-corrected chi connectivity index (χ2v) is 5.92. The Hall–Kier alpha value is -1.62. The molecule has 1 aromatic rings. The van der Waals surface area contributed by atoms with Gasteiger partial charge in [-0.05, 0) is 37.3 Å². The Balaban J connectivity index is 1.80. The first-order valence-corrected chi connectivity index (χ1v) is 7.73. The summed E-state index contributed by atoms with van der Waals surface area (Å²) in [6.07, 6.45) is 4.42. The van der Waals surface area contributed by atoms with Crippen LogP contribution in [0.4, 0.5) is 11.5 Å². The van der Waals surface area contributed by atoms with Gasteiger partial charge < -0.3 is 15.4 Å². The van der Waals surface area contributed by atoms with Crippen molar-refractivity contribution in [2.75, 3.05) is 30.4 Å². The first kappa shape index (κ1) is 15.8. The van der Waals surface area contributed by atoms with Crippen LogP contribution >= 0.6 is 0 Å². The number of nitrogens with one attached hydrogen (secondary N) is 2. The fraction of sp³-hybridized carbons (Fsp3) is 0.625. The number of amides is 1. The Kier molecular flexibility index (Phi) is 5.99. The van der Waals surface area contributed by atoms with Gasteiger partial charge >= 0.3 is 0 Å². The fourth-order valence-corrected chi connectivity index (χ4v) is 2.27. The Morgan fingerprint density at radius 2 is 2.14 bits per heavy atom. The maximum atomic E-state index is 12.1. The Bertz CT molecular complexity index is 439. The summed E-state index contributed by atoms with van der Waals surface area (Å²) >= 11 is 0. The molecule has 0 saturated carbocycles. The van der Waals surface area contributed by atoms with Gasteiger partial charge in [0.25, 0.3) is 0 Å². The average molecular weight is 291 g/mol. The number of carbonyl (C=O) groups excluding carboxylic acids is 1. The number of pyridine rings is 1. The van der Waals surface area contributed by atoms with Crippen LogP contribution in [-0.4, -0.2) is 30.6 Å². The molecule has 21 heavy (non-hydrogen) atoms. The van der Waals surface area contributed by atoms with Crippen molar-refractivity contribution in [3.63, 3.8) is 0 Å². The fourth-order valence-electron chi connectivity index (χ4n) is 2.27. The minimum Gasteiger partial charge on any atom is -0.381 e. The van der Waals surface area contributed by atoms with Crippen molar-refractivity contribution in [1.82, 2.24) is 4.98 Å². The van der Waals surface area contributed by atoms with Gasteiger partial charge in [0, 0.05) is 25.7 Å². The number of nitrogens with zero attached hydrogens (tertiary/aromatic N) is 1. The molecule has 0 bridgehead atoms. The molecule has 1 saturated heterocycles. The summed E-state index contributed by atoms with van der Waals surface area (Å²) in [4.78, 5) is 16.4. The van der Waals surface area contributed by atoms with Crippen LogP contribution in [0.15, 0.2) is 18.3 Å². The van der Waals surface area contributed by atoms with E-state index in [1.807, 2.05) is 12.1 Å². The van der Waals surface area contributed by atoms with Crippen molar-refractivity contribution >= 4 is 17.4 Å². The highest BCUT2D eigenvalue weighted by molar-refractivity contribution is 5.92. The van der Waals surface area contributed by atoms with Gasteiger partial charge in [-0.1, -0.05) is 13.8 Å². The van der Waals surface area contributed by atoms with Crippen molar-refractivity contribution in [1.29, 1.82) is 0 Å². The van der Waals surface area contributed by atoms with Crippen molar-refractivity contribution in [3.8, 4) is 0 Å². The van der Waals surface area contributed by atoms with E-state index >= 15 is 0 Å². The first-order valence-electron chi connectivity index (χ1n) is 7.73. The molecular weight excluding hydrogens is 266 g/mol. The number of rotatable bonds is 6. The topological polar surface area (TPSA) is 63.2 Å². The number of hydrogen-bond acceptors (Lipinski definition) is 4. The lowest BCUT2D eigenvalue weighted by Gasteiger charge is -2.21. The lowest BCUT2D eigenvalue weighted by atomic mass is 9.99. The molecule has 0 unspecified atom stereocenters. The molecule has 116 valence electrons. The van der Waals surface area contributed by atoms with Gasteiger partial charge in [-0.2, -0.15) is 0 Å². The molecule has 0 radical (unpaired) electrons. The lowest BCUT2D eigenvalue weighted by molar-refractivity contribution is -0.122. The maximum Gasteiger partial charge on any atom is 0.227 e. The van der Waals surface area contributed by atoms with Crippen molar-refractivity contribution in [2.45, 2.75) is 33.1 Å². The molecule has 0 aromatic carbocycles. The third kappa shape index (κ3) is 5.34. The smallest absolute Gasteiger partial charge is 0.227 e. The minimum atomic E-state index is 0.0580. The first-order chi connectivity index (χ1) is 10.1. The quantitative estimate of drug-likeness (QED) is 0.846. The van der Waals surface area contributed by atoms with E-state index in [1.54, 1.807) is 6.20 Å². The lowest BCUT2D eigenvalue weighted by Crippen LogP contribution is -2.28. The molecule has 1 aromatic heterocycles. The molecule has 2 N–H and O–H groups in total. The van der Waals surface area contributed by atoms with E-state index in [9.17, 15) is 4.79 Å². The summed E-state index contributed by atoms with van der Waals surface area (Å²) in [5.74, 6) is 1.65. The average Bonchev–Trinajstić information content (AvgIpc) is 2.49. The van der Waals surface area contributed by atoms with Crippen LogP contribution in [0.5, 0.6) is 0 Å². The van der Waals surface area contributed by atoms with E-state index in [0.29, 0.717) is 19.1 Å². The zero-order chi connectivity index (χ0) is 15.1. The number of anilines is 2. The predicted octanol–water partition coefficient (Wildman–Crippen LogP) is 2.90. The molecule has 0 aliphatic carbocycles. The number of hydrogen-bond donors (Lipinski definition) is 2. The highest BCUT2D eigenvalue weighted by Crippen LogP contribution is 2.18. The molecule has 0 spiro atoms. The van der Waals surface area contributed by atoms with Crippen LogP contribution in [0.1, 0.15) is 33.1 Å². The molecule has 2 heterocycles. The highest BCUT2D eigenvalue weighted by atomic mass is 16.5. The minimum absolute atomic E-state index is 0.0580. The number of ether oxygens (including phenoxy) is 1. The van der Waals surface area contributed by atoms with E-state index in [2.05, 4.69) is 29.5 Å². The maximum absolute atomic E-state index is 12.1. The summed E-state index contributed by atoms with van der Waals surface area (Å²) < 4.78 is 5.27. The summed E-state index contributed by atoms with van der Waals surface area (Å²) in [7, 11) is 0. The van der Waals surface area contributed by atoms with E-state index in [4.69, 9.17) is 4.74 Å². The molecule has 1 fully saturated rings. The second kappa shape index (κ2) is 7.98. The highest BCUT2D eigenvalue weighted by Gasteiger charge is 2.21. The predicted molar refractivity (Wildman–Crippen MR) is 84.4 cm³/mol. The van der Waals surface area contributed by atoms with Gasteiger partial charge in [-0.15, -0.1) is 0 Å². The third-order valence-electron chi connectivity index (χ3n) is 3.65. The SMILES string of the molecule is CC(C)CCNc1ccc(NC(=O)C2CCOCC2)cn1. The van der Waals surface area contributed by atoms with Crippen LogP contribution in [0.2, 0.25) is 0 Å². The number of carbonyl (C=O) groups is 1. The Labute approximate surface area is 126 Å². The van der Waals surface area contributed by atoms with Crippen molar-refractivity contribution in [2.24, 2.45) is 11.8 Å². The summed E-state index contributed by atoms with van der Waals surface area (Å²) in [6, 6.07) is 3.79. The van der Waals surface area contributed by atoms with Crippen LogP contribution < -0.4 is 10.6 Å². The van der Waals surface area contributed by atoms with Gasteiger partial charge in [-0.25, -0.2) is 4.98 Å². The molecule has 1 aliphatic rings. The van der Waals surface area contributed by atoms with Gasteiger partial charge in [0.15, 0.2) is 0 Å². The van der Waals surface area contributed by atoms with Gasteiger partial charge in [0.2, 0.25) is 5.91 Å². The van der Waals surface area contributed by atoms with Crippen LogP contribution in [0.3, 0.4) is 0 Å². The van der Waals surface area contributed by atoms with E-state index < -0.39 is 0 Å². The van der Waals surface area contributed by atoms with Crippen LogP contribution in [-0.2, 0) is 9.53 Å². The summed E-state index contributed by atoms with van der Waals surface area (Å²) in [6.45, 7) is 6.66. The summed E-state index contributed by atoms with van der Waals surface area (Å²) in [5, 5.41) is 6.21. The Morgan fingerprint density at radius 3 is 2.76 bits per heavy atom. The Morgan fingerprint density at radius 1 is 1.38 bits per heavy atom. The molecule has 2 rings (SSSR count). The molecule has 0 atom stereocenters. The third-order valence-corrected chi connectivity index (χ3v) is 3.65. The van der Waals surface area contributed by atoms with Gasteiger partial charge in [-0.3, -0.25) is 4.79 Å². The zero-order valence-corrected chi connectivity index (χ0v) is 12.9. The van der Waals surface area contributed by atoms with E-state index in [-0.39, 0.29) is 11.8 Å². The van der Waals surface area contributed by atoms with E-state index in [1.165, 1.54) is 0 Å². The largest absolute Gasteiger partial charge is 0.381 e. The standard InChI is InChI=1S/C16H25N3O2/c1-12(2)5-8-17-15-4-3-14(11-18-15)19-16(20)13-6-9-21-10-7-13/h3-4,11-13H,5-10H2,1-2H3,(H,17,18)(H,19,20).